The van der Waals surface area contributed by atoms with Crippen molar-refractivity contribution in [3.63, 3.8) is 0 Å². The fourth-order valence-corrected chi connectivity index (χ4v) is 4.22. The lowest BCUT2D eigenvalue weighted by atomic mass is 9.75. The third-order valence-corrected chi connectivity index (χ3v) is 5.13. The summed E-state index contributed by atoms with van der Waals surface area (Å²) in [6, 6.07) is 17.8. The molecule has 110 valence electrons. The van der Waals surface area contributed by atoms with Crippen LogP contribution in [-0.2, 0) is 0 Å². The number of fused-ring (bicyclic) bond motifs is 2. The molecule has 0 N–H and O–H groups in total. The summed E-state index contributed by atoms with van der Waals surface area (Å²) in [5.41, 5.74) is 2.76. The highest BCUT2D eigenvalue weighted by atomic mass is 16.6. The molecule has 2 aliphatic carbocycles. The number of nitro groups is 1. The number of non-ortho nitro benzene ring substituents is 1. The first-order valence-electron chi connectivity index (χ1n) is 7.71. The van der Waals surface area contributed by atoms with Gasteiger partial charge in [-0.05, 0) is 41.2 Å². The van der Waals surface area contributed by atoms with E-state index in [0.29, 0.717) is 23.7 Å². The Morgan fingerprint density at radius 2 is 1.36 bits per heavy atom. The monoisotopic (exact) mass is 291 g/mol. The van der Waals surface area contributed by atoms with E-state index in [4.69, 9.17) is 0 Å². The van der Waals surface area contributed by atoms with Crippen molar-refractivity contribution in [3.05, 3.63) is 88.0 Å². The van der Waals surface area contributed by atoms with Crippen LogP contribution < -0.4 is 0 Å². The summed E-state index contributed by atoms with van der Waals surface area (Å²) in [5.74, 6) is 2.06. The van der Waals surface area contributed by atoms with Gasteiger partial charge in [-0.2, -0.15) is 0 Å². The van der Waals surface area contributed by atoms with Gasteiger partial charge in [-0.15, -0.1) is 0 Å². The predicted molar refractivity (Wildman–Crippen MR) is 85.8 cm³/mol. The highest BCUT2D eigenvalue weighted by molar-refractivity contribution is 5.41. The lowest BCUT2D eigenvalue weighted by Crippen LogP contribution is -2.16. The van der Waals surface area contributed by atoms with E-state index in [9.17, 15) is 10.1 Å². The predicted octanol–water partition coefficient (Wildman–Crippen LogP) is 4.67. The van der Waals surface area contributed by atoms with E-state index in [1.54, 1.807) is 12.1 Å². The molecule has 2 aliphatic rings. The van der Waals surface area contributed by atoms with Gasteiger partial charge in [0.05, 0.1) is 4.92 Å². The maximum absolute atomic E-state index is 10.8. The van der Waals surface area contributed by atoms with Gasteiger partial charge in [0.1, 0.15) is 0 Å². The second-order valence-electron chi connectivity index (χ2n) is 6.26. The molecule has 0 aromatic heterocycles. The van der Waals surface area contributed by atoms with Gasteiger partial charge >= 0.3 is 0 Å². The largest absolute Gasteiger partial charge is 0.269 e. The van der Waals surface area contributed by atoms with Crippen LogP contribution in [0, 0.1) is 22.0 Å². The van der Waals surface area contributed by atoms with Gasteiger partial charge in [0, 0.05) is 12.1 Å². The van der Waals surface area contributed by atoms with Gasteiger partial charge in [0.2, 0.25) is 0 Å². The zero-order valence-electron chi connectivity index (χ0n) is 12.1. The van der Waals surface area contributed by atoms with E-state index in [1.165, 1.54) is 17.5 Å². The Bertz CT molecular complexity index is 721. The molecule has 0 unspecified atom stereocenters. The van der Waals surface area contributed by atoms with Gasteiger partial charge in [0.25, 0.3) is 5.69 Å². The molecule has 2 bridgehead atoms. The smallest absolute Gasteiger partial charge is 0.258 e. The fourth-order valence-electron chi connectivity index (χ4n) is 4.22. The van der Waals surface area contributed by atoms with Gasteiger partial charge in [-0.1, -0.05) is 54.6 Å². The van der Waals surface area contributed by atoms with Gasteiger partial charge in [-0.25, -0.2) is 0 Å². The highest BCUT2D eigenvalue weighted by Gasteiger charge is 2.45. The number of allylic oxidation sites excluding steroid dienone is 2. The molecule has 4 atom stereocenters. The average molecular weight is 291 g/mol. The molecular weight excluding hydrogens is 274 g/mol. The zero-order valence-corrected chi connectivity index (χ0v) is 12.1. The maximum atomic E-state index is 10.8. The molecule has 2 aromatic rings. The third kappa shape index (κ3) is 2.05. The molecule has 2 aromatic carbocycles. The summed E-state index contributed by atoms with van der Waals surface area (Å²) in [5, 5.41) is 10.8. The zero-order chi connectivity index (χ0) is 15.1. The summed E-state index contributed by atoms with van der Waals surface area (Å²) in [6.07, 6.45) is 5.88. The molecule has 0 radical (unpaired) electrons. The molecule has 1 saturated carbocycles. The normalized spacial score (nSPS) is 28.9. The number of rotatable bonds is 3. The van der Waals surface area contributed by atoms with Crippen molar-refractivity contribution < 1.29 is 4.92 Å². The maximum Gasteiger partial charge on any atom is 0.269 e. The molecule has 0 aliphatic heterocycles. The van der Waals surface area contributed by atoms with Crippen LogP contribution in [0.4, 0.5) is 5.69 Å². The first kappa shape index (κ1) is 13.3. The molecule has 4 rings (SSSR count). The second-order valence-corrected chi connectivity index (χ2v) is 6.26. The number of hydrogen-bond acceptors (Lipinski definition) is 2. The molecule has 3 heteroatoms. The van der Waals surface area contributed by atoms with Crippen LogP contribution in [0.1, 0.15) is 29.4 Å². The Morgan fingerprint density at radius 3 is 1.91 bits per heavy atom. The highest BCUT2D eigenvalue weighted by Crippen LogP contribution is 2.57. The molecule has 0 heterocycles. The Morgan fingerprint density at radius 1 is 0.818 bits per heavy atom. The molecule has 22 heavy (non-hydrogen) atoms. The van der Waals surface area contributed by atoms with Gasteiger partial charge in [0.15, 0.2) is 0 Å². The van der Waals surface area contributed by atoms with Crippen LogP contribution in [0.15, 0.2) is 66.7 Å². The second kappa shape index (κ2) is 5.09. The topological polar surface area (TPSA) is 43.1 Å². The summed E-state index contributed by atoms with van der Waals surface area (Å²) >= 11 is 0. The van der Waals surface area contributed by atoms with Crippen molar-refractivity contribution in [2.75, 3.05) is 0 Å². The summed E-state index contributed by atoms with van der Waals surface area (Å²) in [7, 11) is 0. The first-order valence-corrected chi connectivity index (χ1v) is 7.71. The van der Waals surface area contributed by atoms with E-state index in [-0.39, 0.29) is 10.6 Å². The number of benzene rings is 2. The number of nitro benzene ring substituents is 1. The minimum Gasteiger partial charge on any atom is -0.258 e. The van der Waals surface area contributed by atoms with Crippen LogP contribution in [0.2, 0.25) is 0 Å². The third-order valence-electron chi connectivity index (χ3n) is 5.13. The van der Waals surface area contributed by atoms with Crippen molar-refractivity contribution in [2.45, 2.75) is 18.3 Å². The van der Waals surface area contributed by atoms with E-state index in [0.717, 1.165) is 0 Å². The first-order chi connectivity index (χ1) is 10.7. The van der Waals surface area contributed by atoms with Crippen LogP contribution in [0.25, 0.3) is 0 Å². The van der Waals surface area contributed by atoms with Crippen molar-refractivity contribution in [2.24, 2.45) is 11.8 Å². The van der Waals surface area contributed by atoms with Crippen molar-refractivity contribution >= 4 is 5.69 Å². The van der Waals surface area contributed by atoms with Crippen molar-refractivity contribution in [3.8, 4) is 0 Å². The van der Waals surface area contributed by atoms with Crippen LogP contribution in [0.3, 0.4) is 0 Å². The van der Waals surface area contributed by atoms with Gasteiger partial charge < -0.3 is 0 Å². The van der Waals surface area contributed by atoms with Crippen molar-refractivity contribution in [1.82, 2.24) is 0 Å². The Labute approximate surface area is 129 Å². The number of nitrogens with zero attached hydrogens (tertiary/aromatic N) is 1. The molecule has 3 nitrogen and oxygen atoms in total. The molecule has 1 fully saturated rings. The quantitative estimate of drug-likeness (QED) is 0.468. The molecule has 0 spiro atoms. The SMILES string of the molecule is O=[N+]([O-])c1ccc([C@@H]2[C@H](c3ccccc3)[C@H]3C=C[C@@H]2C3)cc1. The Hall–Kier alpha value is -2.42. The van der Waals surface area contributed by atoms with E-state index in [2.05, 4.69) is 36.4 Å². The molecular formula is C19H17NO2. The van der Waals surface area contributed by atoms with Gasteiger partial charge in [-0.3, -0.25) is 10.1 Å². The minimum absolute atomic E-state index is 0.165. The standard InChI is InChI=1S/C19H17NO2/c21-20(22)17-10-8-14(9-11-17)19-16-7-6-15(12-16)18(19)13-4-2-1-3-5-13/h1-11,15-16,18-19H,12H2/t15-,16+,18+,19-/m0/s1. The van der Waals surface area contributed by atoms with E-state index < -0.39 is 0 Å². The van der Waals surface area contributed by atoms with E-state index in [1.807, 2.05) is 18.2 Å². The minimum atomic E-state index is -0.334. The average Bonchev–Trinajstić information content (AvgIpc) is 3.17. The summed E-state index contributed by atoms with van der Waals surface area (Å²) < 4.78 is 0. The van der Waals surface area contributed by atoms with Crippen LogP contribution in [-0.4, -0.2) is 4.92 Å². The lowest BCUT2D eigenvalue weighted by molar-refractivity contribution is -0.384. The molecule has 0 saturated heterocycles. The van der Waals surface area contributed by atoms with Crippen LogP contribution in [0.5, 0.6) is 0 Å². The van der Waals surface area contributed by atoms with Crippen molar-refractivity contribution in [1.29, 1.82) is 0 Å². The lowest BCUT2D eigenvalue weighted by Gasteiger charge is -2.29. The van der Waals surface area contributed by atoms with E-state index >= 15 is 0 Å². The Kier molecular flexibility index (Phi) is 3.07. The fraction of sp³-hybridized carbons (Fsp3) is 0.263. The summed E-state index contributed by atoms with van der Waals surface area (Å²) in [6.45, 7) is 0. The number of hydrogen-bond donors (Lipinski definition) is 0. The van der Waals surface area contributed by atoms with Crippen LogP contribution >= 0.6 is 0 Å². The molecule has 0 amide bonds. The Balaban J connectivity index is 1.72. The summed E-state index contributed by atoms with van der Waals surface area (Å²) in [4.78, 5) is 10.5.